The van der Waals surface area contributed by atoms with Crippen molar-refractivity contribution in [2.24, 2.45) is 0 Å². The molecule has 0 aromatic heterocycles. The maximum absolute atomic E-state index is 12.8. The fraction of sp³-hybridized carbons (Fsp3) is 0.673. The number of hydrogen-bond acceptors (Lipinski definition) is 14. The molecule has 65 heavy (non-hydrogen) atoms. The van der Waals surface area contributed by atoms with E-state index in [1.54, 1.807) is 24.3 Å². The summed E-state index contributed by atoms with van der Waals surface area (Å²) in [6.07, 6.45) is 28.4. The average Bonchev–Trinajstić information content (AvgIpc) is 3.27. The first kappa shape index (κ1) is 60.0. The van der Waals surface area contributed by atoms with Crippen molar-refractivity contribution >= 4 is 19.8 Å². The van der Waals surface area contributed by atoms with Crippen molar-refractivity contribution in [3.8, 4) is 0 Å². The highest BCUT2D eigenvalue weighted by atomic mass is 31.2. The molecule has 1 aliphatic carbocycles. The van der Waals surface area contributed by atoms with Gasteiger partial charge in [-0.15, -0.1) is 0 Å². The lowest BCUT2D eigenvalue weighted by molar-refractivity contribution is -0.220. The topological polar surface area (TPSA) is 250 Å². The number of esters is 2. The summed E-state index contributed by atoms with van der Waals surface area (Å²) in [5, 5.41) is 70.4. The Labute approximate surface area is 387 Å². The number of aliphatic hydroxyl groups is 7. The lowest BCUT2D eigenvalue weighted by atomic mass is 9.85. The highest BCUT2D eigenvalue weighted by Gasteiger charge is 2.51. The minimum absolute atomic E-state index is 0.0412. The second kappa shape index (κ2) is 38.0. The number of allylic oxidation sites excluding steroid dienone is 12. The molecule has 0 amide bonds. The van der Waals surface area contributed by atoms with Crippen LogP contribution in [-0.4, -0.2) is 121 Å². The number of hydrogen-bond donors (Lipinski definition) is 8. The maximum atomic E-state index is 12.8. The van der Waals surface area contributed by atoms with Gasteiger partial charge >= 0.3 is 19.8 Å². The molecule has 8 N–H and O–H groups in total. The maximum Gasteiger partial charge on any atom is 0.472 e. The molecule has 1 aliphatic rings. The average molecular weight is 941 g/mol. The molecule has 372 valence electrons. The molecule has 1 rings (SSSR count). The minimum atomic E-state index is -5.20. The molecule has 15 nitrogen and oxygen atoms in total. The van der Waals surface area contributed by atoms with Crippen LogP contribution in [0.25, 0.3) is 0 Å². The largest absolute Gasteiger partial charge is 0.472 e. The quantitative estimate of drug-likeness (QED) is 0.0101. The number of carbonyl (C=O) groups excluding carboxylic acids is 2. The van der Waals surface area contributed by atoms with E-state index in [4.69, 9.17) is 18.5 Å². The lowest BCUT2D eigenvalue weighted by Crippen LogP contribution is -2.64. The SMILES string of the molecule is CCCCCCCC/C=C\C/C=C\C/C=C\CCCC(=O)OC[C@H](COP(=O)(O)OC1[C@H](O)[C@H](O)C(O)[C@H](O)[C@H]1O)OC(=O)CCC[C@H](O)/C=C/C=C\C/C=C\C=C\[C@H](O)CCCCC. The van der Waals surface area contributed by atoms with E-state index in [0.29, 0.717) is 19.3 Å². The lowest BCUT2D eigenvalue weighted by Gasteiger charge is -2.41. The van der Waals surface area contributed by atoms with E-state index in [0.717, 1.165) is 44.9 Å². The van der Waals surface area contributed by atoms with Crippen molar-refractivity contribution in [2.45, 2.75) is 197 Å². The van der Waals surface area contributed by atoms with Crippen LogP contribution in [0.3, 0.4) is 0 Å². The zero-order valence-electron chi connectivity index (χ0n) is 38.7. The van der Waals surface area contributed by atoms with Gasteiger partial charge in [0.1, 0.15) is 43.2 Å². The van der Waals surface area contributed by atoms with E-state index < -0.39 is 87.9 Å². The van der Waals surface area contributed by atoms with E-state index >= 15 is 0 Å². The Kier molecular flexibility index (Phi) is 35.0. The molecular weight excluding hydrogens is 859 g/mol. The predicted octanol–water partition coefficient (Wildman–Crippen LogP) is 7.22. The van der Waals surface area contributed by atoms with Crippen molar-refractivity contribution in [3.05, 3.63) is 85.1 Å². The summed E-state index contributed by atoms with van der Waals surface area (Å²) in [4.78, 5) is 35.7. The molecule has 0 radical (unpaired) electrons. The van der Waals surface area contributed by atoms with E-state index in [1.807, 2.05) is 36.5 Å². The van der Waals surface area contributed by atoms with Crippen LogP contribution in [0.2, 0.25) is 0 Å². The van der Waals surface area contributed by atoms with Crippen molar-refractivity contribution < 1.29 is 73.3 Å². The Morgan fingerprint density at radius 2 is 1.03 bits per heavy atom. The Hall–Kier alpha value is -3.05. The van der Waals surface area contributed by atoms with Gasteiger partial charge in [0.05, 0.1) is 18.8 Å². The highest BCUT2D eigenvalue weighted by molar-refractivity contribution is 7.47. The Morgan fingerprint density at radius 3 is 1.63 bits per heavy atom. The van der Waals surface area contributed by atoms with E-state index in [-0.39, 0.29) is 25.7 Å². The number of phosphoric ester groups is 1. The minimum Gasteiger partial charge on any atom is -0.462 e. The van der Waals surface area contributed by atoms with Crippen LogP contribution in [0.1, 0.15) is 142 Å². The summed E-state index contributed by atoms with van der Waals surface area (Å²) < 4.78 is 33.3. The molecule has 0 heterocycles. The summed E-state index contributed by atoms with van der Waals surface area (Å²) in [6, 6.07) is 0. The molecule has 3 unspecified atom stereocenters. The molecule has 10 atom stereocenters. The second-order valence-electron chi connectivity index (χ2n) is 16.3. The van der Waals surface area contributed by atoms with Gasteiger partial charge in [-0.1, -0.05) is 150 Å². The Morgan fingerprint density at radius 1 is 0.554 bits per heavy atom. The fourth-order valence-electron chi connectivity index (χ4n) is 6.52. The molecule has 0 spiro atoms. The third kappa shape index (κ3) is 30.8. The number of unbranched alkanes of at least 4 members (excludes halogenated alkanes) is 9. The third-order valence-corrected chi connectivity index (χ3v) is 11.4. The van der Waals surface area contributed by atoms with Gasteiger partial charge in [0.15, 0.2) is 6.10 Å². The van der Waals surface area contributed by atoms with Crippen LogP contribution in [0.5, 0.6) is 0 Å². The van der Waals surface area contributed by atoms with Gasteiger partial charge in [-0.2, -0.15) is 0 Å². The smallest absolute Gasteiger partial charge is 0.462 e. The van der Waals surface area contributed by atoms with Crippen LogP contribution in [0.4, 0.5) is 0 Å². The van der Waals surface area contributed by atoms with Crippen LogP contribution in [0.15, 0.2) is 85.1 Å². The summed E-state index contributed by atoms with van der Waals surface area (Å²) >= 11 is 0. The number of phosphoric acid groups is 1. The van der Waals surface area contributed by atoms with Gasteiger partial charge in [-0.05, 0) is 64.2 Å². The third-order valence-electron chi connectivity index (χ3n) is 10.4. The summed E-state index contributed by atoms with van der Waals surface area (Å²) in [7, 11) is -5.20. The van der Waals surface area contributed by atoms with Crippen LogP contribution in [-0.2, 0) is 32.7 Å². The molecule has 1 saturated carbocycles. The number of aliphatic hydroxyl groups excluding tert-OH is 7. The van der Waals surface area contributed by atoms with Gasteiger partial charge in [0.2, 0.25) is 0 Å². The monoisotopic (exact) mass is 941 g/mol. The van der Waals surface area contributed by atoms with Gasteiger partial charge in [0.25, 0.3) is 0 Å². The predicted molar refractivity (Wildman–Crippen MR) is 251 cm³/mol. The van der Waals surface area contributed by atoms with E-state index in [1.165, 1.54) is 38.5 Å². The first-order valence-corrected chi connectivity index (χ1v) is 25.1. The van der Waals surface area contributed by atoms with E-state index in [2.05, 4.69) is 38.2 Å². The van der Waals surface area contributed by atoms with Crippen LogP contribution in [0, 0.1) is 0 Å². The summed E-state index contributed by atoms with van der Waals surface area (Å²) in [5.41, 5.74) is 0. The first-order valence-electron chi connectivity index (χ1n) is 23.6. The zero-order chi connectivity index (χ0) is 48.1. The molecule has 0 aromatic rings. The molecule has 0 bridgehead atoms. The molecule has 16 heteroatoms. The number of ether oxygens (including phenoxy) is 2. The van der Waals surface area contributed by atoms with Crippen LogP contribution >= 0.6 is 7.82 Å². The van der Waals surface area contributed by atoms with Crippen molar-refractivity contribution in [1.82, 2.24) is 0 Å². The molecule has 0 aromatic carbocycles. The summed E-state index contributed by atoms with van der Waals surface area (Å²) in [5.74, 6) is -1.40. The van der Waals surface area contributed by atoms with Crippen LogP contribution < -0.4 is 0 Å². The standard InChI is InChI=1S/C49H81O15P/c1-3-5-7-8-9-10-11-12-13-14-15-16-17-18-22-25-29-35-42(52)61-37-41(38-62-65(59,60)64-49-47(57)45(55)44(54)46(56)48(49)58)63-43(53)36-30-34-40(51)33-28-24-21-19-20-23-27-32-39(50)31-26-6-4-2/h12-13,15-16,18,20-24,27-28,32-33,39-41,44-51,54-58H,3-11,14,17,19,25-26,29-31,34-38H2,1-2H3,(H,59,60)/b13-12-,16-15-,22-18-,23-20-,24-21-,32-27+,33-28+/t39-,40-,41-,44?,45-,46+,47-,48-,49?/m1/s1. The van der Waals surface area contributed by atoms with Crippen molar-refractivity contribution in [3.63, 3.8) is 0 Å². The molecule has 1 fully saturated rings. The van der Waals surface area contributed by atoms with Gasteiger partial charge in [0, 0.05) is 12.8 Å². The molecule has 0 aliphatic heterocycles. The van der Waals surface area contributed by atoms with E-state index in [9.17, 15) is 54.8 Å². The van der Waals surface area contributed by atoms with Crippen molar-refractivity contribution in [2.75, 3.05) is 13.2 Å². The highest BCUT2D eigenvalue weighted by Crippen LogP contribution is 2.47. The fourth-order valence-corrected chi connectivity index (χ4v) is 7.49. The number of carbonyl (C=O) groups is 2. The Balaban J connectivity index is 2.61. The summed E-state index contributed by atoms with van der Waals surface area (Å²) in [6.45, 7) is 2.95. The molecular formula is C49H81O15P. The van der Waals surface area contributed by atoms with Crippen molar-refractivity contribution in [1.29, 1.82) is 0 Å². The Bertz CT molecular complexity index is 1490. The first-order chi connectivity index (χ1) is 31.2. The second-order valence-corrected chi connectivity index (χ2v) is 17.7. The zero-order valence-corrected chi connectivity index (χ0v) is 39.6. The van der Waals surface area contributed by atoms with Gasteiger partial charge in [-0.3, -0.25) is 18.6 Å². The number of rotatable bonds is 37. The van der Waals surface area contributed by atoms with Gasteiger partial charge in [-0.25, -0.2) is 4.57 Å². The normalized spacial score (nSPS) is 23.2. The van der Waals surface area contributed by atoms with Gasteiger partial charge < -0.3 is 50.1 Å². The molecule has 0 saturated heterocycles.